The average Bonchev–Trinajstić information content (AvgIpc) is 3.58. The van der Waals surface area contributed by atoms with E-state index in [2.05, 4.69) is 6.92 Å². The second-order valence-electron chi connectivity index (χ2n) is 13.4. The van der Waals surface area contributed by atoms with Crippen LogP contribution in [-0.2, 0) is 19.1 Å². The molecule has 0 aliphatic carbocycles. The fourth-order valence-corrected chi connectivity index (χ4v) is 6.69. The Morgan fingerprint density at radius 2 is 1.21 bits per heavy atom. The first-order chi connectivity index (χ1) is 20.3. The van der Waals surface area contributed by atoms with Crippen molar-refractivity contribution in [2.24, 2.45) is 5.92 Å². The van der Waals surface area contributed by atoms with Crippen molar-refractivity contribution < 1.29 is 34.4 Å². The molecule has 2 heterocycles. The molecule has 3 N–H and O–H groups in total. The molecule has 246 valence electrons. The Hall–Kier alpha value is -1.02. The maximum atomic E-state index is 11.8. The molecule has 0 spiro atoms. The van der Waals surface area contributed by atoms with Gasteiger partial charge in [0.05, 0.1) is 36.4 Å². The predicted molar refractivity (Wildman–Crippen MR) is 167 cm³/mol. The number of hydrogen-bond acceptors (Lipinski definition) is 7. The van der Waals surface area contributed by atoms with Crippen LogP contribution in [0.15, 0.2) is 0 Å². The zero-order valence-electron chi connectivity index (χ0n) is 27.0. The van der Waals surface area contributed by atoms with E-state index in [4.69, 9.17) is 9.47 Å². The number of Topliss-reactive ketones (excluding diaryl/α,β-unsaturated/α-hetero) is 1. The highest BCUT2D eigenvalue weighted by Gasteiger charge is 2.35. The van der Waals surface area contributed by atoms with Crippen LogP contribution in [0.25, 0.3) is 0 Å². The number of cyclic esters (lactones) is 1. The van der Waals surface area contributed by atoms with Crippen LogP contribution in [0.5, 0.6) is 0 Å². The summed E-state index contributed by atoms with van der Waals surface area (Å²) in [6.45, 7) is 3.77. The second kappa shape index (κ2) is 22.5. The van der Waals surface area contributed by atoms with Gasteiger partial charge >= 0.3 is 5.97 Å². The van der Waals surface area contributed by atoms with Crippen LogP contribution < -0.4 is 0 Å². The number of aliphatic hydroxyl groups is 3. The van der Waals surface area contributed by atoms with Gasteiger partial charge in [0.15, 0.2) is 0 Å². The van der Waals surface area contributed by atoms with Crippen LogP contribution in [0.3, 0.4) is 0 Å². The Bertz CT molecular complexity index is 713. The summed E-state index contributed by atoms with van der Waals surface area (Å²) in [6.07, 6.45) is 22.2. The summed E-state index contributed by atoms with van der Waals surface area (Å²) >= 11 is 0. The van der Waals surface area contributed by atoms with Gasteiger partial charge in [0.1, 0.15) is 11.9 Å². The molecule has 42 heavy (non-hydrogen) atoms. The lowest BCUT2D eigenvalue weighted by molar-refractivity contribution is -0.145. The molecule has 0 aromatic heterocycles. The number of ketones is 1. The minimum Gasteiger partial charge on any atom is -0.462 e. The molecule has 0 aromatic carbocycles. The number of unbranched alkanes of at least 4 members (excludes halogenated alkanes) is 12. The Morgan fingerprint density at radius 1 is 0.738 bits per heavy atom. The van der Waals surface area contributed by atoms with Crippen LogP contribution in [0.1, 0.15) is 168 Å². The summed E-state index contributed by atoms with van der Waals surface area (Å²) in [7, 11) is 0. The smallest absolute Gasteiger partial charge is 0.309 e. The predicted octanol–water partition coefficient (Wildman–Crippen LogP) is 7.35. The largest absolute Gasteiger partial charge is 0.462 e. The summed E-state index contributed by atoms with van der Waals surface area (Å²) in [6, 6.07) is 0. The van der Waals surface area contributed by atoms with Crippen LogP contribution in [0.4, 0.5) is 0 Å². The van der Waals surface area contributed by atoms with Gasteiger partial charge in [-0.2, -0.15) is 0 Å². The quantitative estimate of drug-likeness (QED) is 0.0707. The van der Waals surface area contributed by atoms with Gasteiger partial charge in [-0.25, -0.2) is 0 Å². The van der Waals surface area contributed by atoms with Crippen LogP contribution >= 0.6 is 0 Å². The standard InChI is InChI=1S/C35H64O7/c1-3-4-5-6-7-8-9-10-11-15-21-31(38)33-23-24-34(42-33)32(39)22-17-16-19-29(37)18-13-12-14-20-30-26-28(25-27(2)36)35(40)41-30/h28-34,37-39H,3-26H2,1-2H3/t28?,29-,30+,31-,32-,33-,34-/m0/s1. The average molecular weight is 597 g/mol. The van der Waals surface area contributed by atoms with Gasteiger partial charge in [0, 0.05) is 6.42 Å². The van der Waals surface area contributed by atoms with Crippen molar-refractivity contribution >= 4 is 11.8 Å². The lowest BCUT2D eigenvalue weighted by Crippen LogP contribution is -2.31. The molecule has 1 unspecified atom stereocenters. The van der Waals surface area contributed by atoms with Gasteiger partial charge in [0.25, 0.3) is 0 Å². The summed E-state index contributed by atoms with van der Waals surface area (Å²) < 4.78 is 11.5. The van der Waals surface area contributed by atoms with Crippen molar-refractivity contribution in [1.82, 2.24) is 0 Å². The molecule has 2 saturated heterocycles. The molecule has 7 nitrogen and oxygen atoms in total. The Labute approximate surface area is 256 Å². The molecule has 0 aromatic rings. The van der Waals surface area contributed by atoms with Gasteiger partial charge in [0.2, 0.25) is 0 Å². The van der Waals surface area contributed by atoms with Crippen molar-refractivity contribution in [1.29, 1.82) is 0 Å². The minimum atomic E-state index is -0.503. The van der Waals surface area contributed by atoms with E-state index in [9.17, 15) is 24.9 Å². The van der Waals surface area contributed by atoms with Crippen molar-refractivity contribution in [2.75, 3.05) is 0 Å². The monoisotopic (exact) mass is 596 g/mol. The van der Waals surface area contributed by atoms with E-state index < -0.39 is 12.2 Å². The van der Waals surface area contributed by atoms with Crippen molar-refractivity contribution in [3.63, 3.8) is 0 Å². The normalized spacial score (nSPS) is 24.5. The molecule has 2 aliphatic rings. The fourth-order valence-electron chi connectivity index (χ4n) is 6.69. The topological polar surface area (TPSA) is 113 Å². The third-order valence-corrected chi connectivity index (χ3v) is 9.35. The first kappa shape index (κ1) is 37.2. The highest BCUT2D eigenvalue weighted by atomic mass is 16.6. The summed E-state index contributed by atoms with van der Waals surface area (Å²) in [5, 5.41) is 31.6. The number of carbonyl (C=O) groups excluding carboxylic acids is 2. The molecule has 7 heteroatoms. The molecule has 7 atom stereocenters. The maximum absolute atomic E-state index is 11.8. The van der Waals surface area contributed by atoms with E-state index in [0.29, 0.717) is 12.8 Å². The SMILES string of the molecule is CCCCCCCCCCCC[C@H](O)[C@@H]1CC[C@@H]([C@@H](O)CCCC[C@@H](O)CCCCC[C@@H]2CC(CC(C)=O)C(=O)O2)O1. The summed E-state index contributed by atoms with van der Waals surface area (Å²) in [5.41, 5.74) is 0. The molecular weight excluding hydrogens is 532 g/mol. The number of aliphatic hydroxyl groups excluding tert-OH is 3. The van der Waals surface area contributed by atoms with E-state index in [1.54, 1.807) is 0 Å². The van der Waals surface area contributed by atoms with E-state index >= 15 is 0 Å². The van der Waals surface area contributed by atoms with Gasteiger partial charge < -0.3 is 29.6 Å². The van der Waals surface area contributed by atoms with Crippen molar-refractivity contribution in [3.05, 3.63) is 0 Å². The molecule has 2 rings (SSSR count). The number of carbonyl (C=O) groups is 2. The Kier molecular flexibility index (Phi) is 19.9. The number of hydrogen-bond donors (Lipinski definition) is 3. The van der Waals surface area contributed by atoms with Crippen LogP contribution in [0, 0.1) is 5.92 Å². The Morgan fingerprint density at radius 3 is 1.79 bits per heavy atom. The van der Waals surface area contributed by atoms with Crippen molar-refractivity contribution in [2.45, 2.75) is 205 Å². The van der Waals surface area contributed by atoms with Crippen molar-refractivity contribution in [3.8, 4) is 0 Å². The first-order valence-electron chi connectivity index (χ1n) is 17.7. The molecule has 0 bridgehead atoms. The Balaban J connectivity index is 1.41. The first-order valence-corrected chi connectivity index (χ1v) is 17.7. The van der Waals surface area contributed by atoms with E-state index in [-0.39, 0.29) is 48.5 Å². The third-order valence-electron chi connectivity index (χ3n) is 9.35. The third kappa shape index (κ3) is 16.2. The summed E-state index contributed by atoms with van der Waals surface area (Å²) in [4.78, 5) is 23.1. The lowest BCUT2D eigenvalue weighted by atomic mass is 9.96. The highest BCUT2D eigenvalue weighted by molar-refractivity contribution is 5.83. The lowest BCUT2D eigenvalue weighted by Gasteiger charge is -2.22. The second-order valence-corrected chi connectivity index (χ2v) is 13.4. The number of esters is 1. The maximum Gasteiger partial charge on any atom is 0.309 e. The zero-order chi connectivity index (χ0) is 30.6. The fraction of sp³-hybridized carbons (Fsp3) is 0.943. The molecule has 0 saturated carbocycles. The van der Waals surface area contributed by atoms with Gasteiger partial charge in [-0.3, -0.25) is 4.79 Å². The molecule has 0 amide bonds. The molecule has 0 radical (unpaired) electrons. The highest BCUT2D eigenvalue weighted by Crippen LogP contribution is 2.29. The van der Waals surface area contributed by atoms with E-state index in [1.165, 1.54) is 64.7 Å². The van der Waals surface area contributed by atoms with E-state index in [1.807, 2.05) is 0 Å². The minimum absolute atomic E-state index is 0.0338. The molecular formula is C35H64O7. The van der Waals surface area contributed by atoms with Gasteiger partial charge in [-0.1, -0.05) is 96.8 Å². The van der Waals surface area contributed by atoms with Gasteiger partial charge in [-0.05, 0) is 64.7 Å². The molecule has 2 fully saturated rings. The van der Waals surface area contributed by atoms with Gasteiger partial charge in [-0.15, -0.1) is 0 Å². The van der Waals surface area contributed by atoms with Crippen LogP contribution in [-0.4, -0.2) is 63.7 Å². The zero-order valence-corrected chi connectivity index (χ0v) is 27.0. The number of ether oxygens (including phenoxy) is 2. The molecule has 2 aliphatic heterocycles. The number of rotatable bonds is 26. The van der Waals surface area contributed by atoms with Crippen LogP contribution in [0.2, 0.25) is 0 Å². The summed E-state index contributed by atoms with van der Waals surface area (Å²) in [5.74, 6) is -0.459. The van der Waals surface area contributed by atoms with E-state index in [0.717, 1.165) is 77.0 Å².